The predicted molar refractivity (Wildman–Crippen MR) is 43.9 cm³/mol. The minimum atomic E-state index is -0.658. The summed E-state index contributed by atoms with van der Waals surface area (Å²) in [6, 6.07) is 0. The van der Waals surface area contributed by atoms with Gasteiger partial charge in [-0.3, -0.25) is 0 Å². The van der Waals surface area contributed by atoms with Crippen LogP contribution in [-0.2, 0) is 0 Å². The molecular formula is C5H10Br2O2. The third-order valence-corrected chi connectivity index (χ3v) is 3.63. The first kappa shape index (κ1) is 9.88. The lowest BCUT2D eigenvalue weighted by atomic mass is 9.97. The average Bonchev–Trinajstić information content (AvgIpc) is 1.86. The zero-order chi connectivity index (χ0) is 7.49. The molecule has 0 heterocycles. The van der Waals surface area contributed by atoms with Crippen molar-refractivity contribution in [2.45, 2.75) is 11.9 Å². The summed E-state index contributed by atoms with van der Waals surface area (Å²) in [5, 5.41) is 17.6. The molecule has 2 nitrogen and oxygen atoms in total. The van der Waals surface area contributed by atoms with E-state index < -0.39 is 10.4 Å². The largest absolute Gasteiger partial charge is 0.396 e. The molecule has 0 rings (SSSR count). The SMILES string of the molecule is CC(CO)(CBr)C(O)Br. The molecule has 9 heavy (non-hydrogen) atoms. The summed E-state index contributed by atoms with van der Waals surface area (Å²) in [6.07, 6.45) is 0. The van der Waals surface area contributed by atoms with Crippen LogP contribution in [0, 0.1) is 5.41 Å². The van der Waals surface area contributed by atoms with E-state index >= 15 is 0 Å². The Morgan fingerprint density at radius 1 is 1.67 bits per heavy atom. The fraction of sp³-hybridized carbons (Fsp3) is 1.00. The van der Waals surface area contributed by atoms with Crippen LogP contribution in [-0.4, -0.2) is 27.2 Å². The van der Waals surface area contributed by atoms with Gasteiger partial charge in [-0.1, -0.05) is 38.8 Å². The lowest BCUT2D eigenvalue weighted by Crippen LogP contribution is -2.33. The predicted octanol–water partition coefficient (Wildman–Crippen LogP) is 1.09. The van der Waals surface area contributed by atoms with Gasteiger partial charge in [-0.15, -0.1) is 0 Å². The molecule has 4 heteroatoms. The molecule has 0 aliphatic carbocycles. The van der Waals surface area contributed by atoms with Crippen LogP contribution >= 0.6 is 31.9 Å². The van der Waals surface area contributed by atoms with Gasteiger partial charge in [0.25, 0.3) is 0 Å². The van der Waals surface area contributed by atoms with Crippen LogP contribution in [0.25, 0.3) is 0 Å². The summed E-state index contributed by atoms with van der Waals surface area (Å²) in [6.45, 7) is 1.74. The van der Waals surface area contributed by atoms with Crippen molar-refractivity contribution in [1.82, 2.24) is 0 Å². The third-order valence-electron chi connectivity index (χ3n) is 1.24. The Morgan fingerprint density at radius 2 is 2.11 bits per heavy atom. The van der Waals surface area contributed by atoms with Gasteiger partial charge in [0.2, 0.25) is 0 Å². The van der Waals surface area contributed by atoms with Crippen molar-refractivity contribution >= 4 is 31.9 Å². The van der Waals surface area contributed by atoms with Gasteiger partial charge < -0.3 is 10.2 Å². The first-order valence-electron chi connectivity index (χ1n) is 2.56. The second-order valence-corrected chi connectivity index (χ2v) is 3.71. The van der Waals surface area contributed by atoms with Crippen molar-refractivity contribution in [3.05, 3.63) is 0 Å². The lowest BCUT2D eigenvalue weighted by molar-refractivity contribution is 0.0724. The Labute approximate surface area is 71.5 Å². The third kappa shape index (κ3) is 2.53. The van der Waals surface area contributed by atoms with Crippen LogP contribution in [0.5, 0.6) is 0 Å². The van der Waals surface area contributed by atoms with Gasteiger partial charge in [-0.25, -0.2) is 0 Å². The highest BCUT2D eigenvalue weighted by atomic mass is 79.9. The van der Waals surface area contributed by atoms with Crippen molar-refractivity contribution in [1.29, 1.82) is 0 Å². The van der Waals surface area contributed by atoms with Gasteiger partial charge in [0.05, 0.1) is 6.61 Å². The van der Waals surface area contributed by atoms with E-state index in [0.29, 0.717) is 5.33 Å². The molecule has 0 saturated carbocycles. The number of aliphatic hydroxyl groups excluding tert-OH is 2. The molecule has 0 bridgehead atoms. The number of alkyl halides is 2. The first-order chi connectivity index (χ1) is 4.06. The van der Waals surface area contributed by atoms with E-state index in [1.807, 2.05) is 0 Å². The normalized spacial score (nSPS) is 21.0. The van der Waals surface area contributed by atoms with E-state index in [9.17, 15) is 0 Å². The lowest BCUT2D eigenvalue weighted by Gasteiger charge is -2.26. The maximum Gasteiger partial charge on any atom is 0.117 e. The van der Waals surface area contributed by atoms with Crippen molar-refractivity contribution < 1.29 is 10.2 Å². The minimum Gasteiger partial charge on any atom is -0.396 e. The zero-order valence-electron chi connectivity index (χ0n) is 5.14. The molecule has 0 aromatic heterocycles. The smallest absolute Gasteiger partial charge is 0.117 e. The maximum atomic E-state index is 9.00. The van der Waals surface area contributed by atoms with Gasteiger partial charge in [0.15, 0.2) is 0 Å². The number of aliphatic hydroxyl groups is 2. The number of rotatable bonds is 3. The van der Waals surface area contributed by atoms with Crippen LogP contribution in [0.1, 0.15) is 6.92 Å². The molecule has 0 aliphatic rings. The minimum absolute atomic E-state index is 0.0370. The molecule has 0 aromatic rings. The van der Waals surface area contributed by atoms with Crippen LogP contribution < -0.4 is 0 Å². The van der Waals surface area contributed by atoms with E-state index in [2.05, 4.69) is 31.9 Å². The molecule has 0 radical (unpaired) electrons. The Morgan fingerprint density at radius 3 is 2.11 bits per heavy atom. The van der Waals surface area contributed by atoms with Gasteiger partial charge in [0.1, 0.15) is 5.01 Å². The van der Waals surface area contributed by atoms with Crippen LogP contribution in [0.4, 0.5) is 0 Å². The highest BCUT2D eigenvalue weighted by Gasteiger charge is 2.28. The molecule has 0 fully saturated rings. The van der Waals surface area contributed by atoms with E-state index in [-0.39, 0.29) is 6.61 Å². The van der Waals surface area contributed by atoms with Crippen molar-refractivity contribution in [3.63, 3.8) is 0 Å². The van der Waals surface area contributed by atoms with Crippen molar-refractivity contribution in [2.75, 3.05) is 11.9 Å². The summed E-state index contributed by atoms with van der Waals surface area (Å²) in [5.74, 6) is 0. The van der Waals surface area contributed by atoms with Gasteiger partial charge in [-0.05, 0) is 0 Å². The Kier molecular flexibility index (Phi) is 4.29. The number of halogens is 2. The summed E-state index contributed by atoms with van der Waals surface area (Å²) >= 11 is 6.17. The second-order valence-electron chi connectivity index (χ2n) is 2.28. The summed E-state index contributed by atoms with van der Waals surface area (Å²) in [5.41, 5.74) is -0.472. The van der Waals surface area contributed by atoms with E-state index in [1.165, 1.54) is 0 Å². The molecule has 2 N–H and O–H groups in total. The average molecular weight is 262 g/mol. The van der Waals surface area contributed by atoms with E-state index in [0.717, 1.165) is 0 Å². The molecule has 0 aromatic carbocycles. The monoisotopic (exact) mass is 260 g/mol. The molecule has 0 amide bonds. The van der Waals surface area contributed by atoms with Gasteiger partial charge >= 0.3 is 0 Å². The molecule has 56 valence electrons. The number of hydrogen-bond acceptors (Lipinski definition) is 2. The topological polar surface area (TPSA) is 40.5 Å². The molecular weight excluding hydrogens is 252 g/mol. The van der Waals surface area contributed by atoms with E-state index in [1.54, 1.807) is 6.92 Å². The zero-order valence-corrected chi connectivity index (χ0v) is 8.31. The highest BCUT2D eigenvalue weighted by Crippen LogP contribution is 2.26. The van der Waals surface area contributed by atoms with Crippen LogP contribution in [0.3, 0.4) is 0 Å². The Bertz CT molecular complexity index is 81.0. The maximum absolute atomic E-state index is 9.00. The second kappa shape index (κ2) is 3.91. The summed E-state index contributed by atoms with van der Waals surface area (Å²) in [7, 11) is 0. The van der Waals surface area contributed by atoms with Crippen molar-refractivity contribution in [2.24, 2.45) is 5.41 Å². The van der Waals surface area contributed by atoms with Gasteiger partial charge in [-0.2, -0.15) is 0 Å². The van der Waals surface area contributed by atoms with E-state index in [4.69, 9.17) is 10.2 Å². The van der Waals surface area contributed by atoms with Crippen LogP contribution in [0.15, 0.2) is 0 Å². The fourth-order valence-electron chi connectivity index (χ4n) is 0.181. The molecule has 2 atom stereocenters. The number of hydrogen-bond donors (Lipinski definition) is 2. The van der Waals surface area contributed by atoms with Gasteiger partial charge in [0, 0.05) is 10.7 Å². The summed E-state index contributed by atoms with van der Waals surface area (Å²) < 4.78 is 0. The first-order valence-corrected chi connectivity index (χ1v) is 4.59. The molecule has 2 unspecified atom stereocenters. The fourth-order valence-corrected chi connectivity index (χ4v) is 1.41. The Hall–Kier alpha value is 0.880. The quantitative estimate of drug-likeness (QED) is 0.747. The molecule has 0 saturated heterocycles. The molecule has 0 spiro atoms. The summed E-state index contributed by atoms with van der Waals surface area (Å²) in [4.78, 5) is 0. The van der Waals surface area contributed by atoms with Crippen molar-refractivity contribution in [3.8, 4) is 0 Å². The molecule has 0 aliphatic heterocycles. The Balaban J connectivity index is 3.92. The highest BCUT2D eigenvalue weighted by molar-refractivity contribution is 9.10. The standard InChI is InChI=1S/C5H10Br2O2/c1-5(2-6,3-8)4(7)9/h4,8-9H,2-3H2,1H3. The van der Waals surface area contributed by atoms with Crippen LogP contribution in [0.2, 0.25) is 0 Å².